The number of hydrazine groups is 1. The van der Waals surface area contributed by atoms with Gasteiger partial charge >= 0.3 is 0 Å². The summed E-state index contributed by atoms with van der Waals surface area (Å²) in [5.41, 5.74) is 10.5. The van der Waals surface area contributed by atoms with Crippen molar-refractivity contribution < 1.29 is 9.90 Å². The molecule has 1 amide bonds. The number of rotatable bonds is 6. The van der Waals surface area contributed by atoms with Gasteiger partial charge in [0.25, 0.3) is 0 Å². The van der Waals surface area contributed by atoms with Crippen molar-refractivity contribution in [3.63, 3.8) is 0 Å². The van der Waals surface area contributed by atoms with E-state index in [9.17, 15) is 4.79 Å². The van der Waals surface area contributed by atoms with Gasteiger partial charge in [-0.25, -0.2) is 5.84 Å². The molecule has 0 atom stereocenters. The average Bonchev–Trinajstić information content (AvgIpc) is 2.03. The van der Waals surface area contributed by atoms with Crippen LogP contribution in [0, 0.1) is 0 Å². The summed E-state index contributed by atoms with van der Waals surface area (Å²) in [6, 6.07) is 0. The van der Waals surface area contributed by atoms with Gasteiger partial charge in [0.15, 0.2) is 0 Å². The smallest absolute Gasteiger partial charge is 0.217 e. The number of aliphatic hydroxyl groups excluding tert-OH is 1. The minimum Gasteiger partial charge on any atom is -0.399 e. The first-order valence-corrected chi connectivity index (χ1v) is 3.93. The van der Waals surface area contributed by atoms with Crippen molar-refractivity contribution in [1.29, 1.82) is 0 Å². The van der Waals surface area contributed by atoms with Crippen LogP contribution in [-0.2, 0) is 4.79 Å². The molecule has 0 aliphatic heterocycles. The summed E-state index contributed by atoms with van der Waals surface area (Å²) >= 11 is 0. The van der Waals surface area contributed by atoms with Gasteiger partial charge in [-0.2, -0.15) is 0 Å². The van der Waals surface area contributed by atoms with Crippen LogP contribution in [0.3, 0.4) is 0 Å². The van der Waals surface area contributed by atoms with Crippen LogP contribution in [0.4, 0.5) is 0 Å². The summed E-state index contributed by atoms with van der Waals surface area (Å²) in [5, 5.41) is 9.86. The lowest BCUT2D eigenvalue weighted by molar-refractivity contribution is -0.118. The zero-order chi connectivity index (χ0) is 10.3. The summed E-state index contributed by atoms with van der Waals surface area (Å²) in [6.07, 6.45) is 2.28. The first-order valence-electron chi connectivity index (χ1n) is 3.93. The number of nitrogens with two attached hydrogens (primary N) is 3. The molecular weight excluding hydrogens is 172 g/mol. The highest BCUT2D eigenvalue weighted by Crippen LogP contribution is 1.92. The molecule has 0 bridgehead atoms. The molecule has 0 saturated carbocycles. The standard InChI is InChI=1S/C7H16N4O2/c8-6(5-12)4-11(10)3-1-2-7(9)13/h4,12H,1-3,5,8,10H2,(H2,9,13)/b6-4-. The van der Waals surface area contributed by atoms with E-state index in [4.69, 9.17) is 22.4 Å². The molecule has 76 valence electrons. The maximum absolute atomic E-state index is 10.3. The van der Waals surface area contributed by atoms with E-state index in [1.54, 1.807) is 0 Å². The SMILES string of the molecule is NC(=O)CCCN(N)/C=C(\N)CO. The molecule has 7 N–H and O–H groups in total. The molecule has 0 unspecified atom stereocenters. The monoisotopic (exact) mass is 188 g/mol. The number of carbonyl (C=O) groups excluding carboxylic acids is 1. The van der Waals surface area contributed by atoms with Crippen molar-refractivity contribution in [3.05, 3.63) is 11.9 Å². The number of carbonyl (C=O) groups is 1. The van der Waals surface area contributed by atoms with Crippen molar-refractivity contribution in [2.75, 3.05) is 13.2 Å². The molecule has 0 spiro atoms. The Morgan fingerprint density at radius 3 is 2.54 bits per heavy atom. The summed E-state index contributed by atoms with van der Waals surface area (Å²) in [7, 11) is 0. The lowest BCUT2D eigenvalue weighted by atomic mass is 10.3. The average molecular weight is 188 g/mol. The van der Waals surface area contributed by atoms with Crippen molar-refractivity contribution >= 4 is 5.91 Å². The minimum atomic E-state index is -0.354. The normalized spacial score (nSPS) is 11.4. The van der Waals surface area contributed by atoms with Gasteiger partial charge in [-0.15, -0.1) is 0 Å². The van der Waals surface area contributed by atoms with Gasteiger partial charge in [-0.1, -0.05) is 0 Å². The molecule has 0 fully saturated rings. The lowest BCUT2D eigenvalue weighted by Crippen LogP contribution is -2.28. The molecule has 0 heterocycles. The highest BCUT2D eigenvalue weighted by Gasteiger charge is 1.97. The lowest BCUT2D eigenvalue weighted by Gasteiger charge is -2.13. The highest BCUT2D eigenvalue weighted by molar-refractivity contribution is 5.73. The fourth-order valence-corrected chi connectivity index (χ4v) is 0.754. The van der Waals surface area contributed by atoms with E-state index < -0.39 is 0 Å². The molecule has 0 aromatic rings. The summed E-state index contributed by atoms with van der Waals surface area (Å²) in [4.78, 5) is 10.3. The van der Waals surface area contributed by atoms with Crippen molar-refractivity contribution in [3.8, 4) is 0 Å². The largest absolute Gasteiger partial charge is 0.399 e. The highest BCUT2D eigenvalue weighted by atomic mass is 16.3. The second kappa shape index (κ2) is 6.27. The second-order valence-electron chi connectivity index (χ2n) is 2.67. The third-order valence-corrected chi connectivity index (χ3v) is 1.35. The molecule has 0 aliphatic carbocycles. The van der Waals surface area contributed by atoms with Gasteiger partial charge in [-0.3, -0.25) is 4.79 Å². The van der Waals surface area contributed by atoms with E-state index in [1.165, 1.54) is 11.2 Å². The van der Waals surface area contributed by atoms with E-state index >= 15 is 0 Å². The molecule has 0 rings (SSSR count). The molecule has 6 heteroatoms. The molecule has 0 radical (unpaired) electrons. The zero-order valence-electron chi connectivity index (χ0n) is 7.44. The Hall–Kier alpha value is -1.27. The topological polar surface area (TPSA) is 119 Å². The predicted octanol–water partition coefficient (Wildman–Crippen LogP) is -1.78. The van der Waals surface area contributed by atoms with Crippen molar-refractivity contribution in [2.24, 2.45) is 17.3 Å². The fraction of sp³-hybridized carbons (Fsp3) is 0.571. The molecule has 0 aromatic carbocycles. The number of primary amides is 1. The van der Waals surface area contributed by atoms with E-state index in [0.29, 0.717) is 19.4 Å². The van der Waals surface area contributed by atoms with Gasteiger partial charge < -0.3 is 21.6 Å². The number of aliphatic hydroxyl groups is 1. The van der Waals surface area contributed by atoms with Crippen LogP contribution in [0.5, 0.6) is 0 Å². The Bertz CT molecular complexity index is 193. The maximum atomic E-state index is 10.3. The Morgan fingerprint density at radius 2 is 2.08 bits per heavy atom. The van der Waals surface area contributed by atoms with Crippen LogP contribution in [0.25, 0.3) is 0 Å². The van der Waals surface area contributed by atoms with Crippen LogP contribution < -0.4 is 17.3 Å². The van der Waals surface area contributed by atoms with Crippen LogP contribution in [0.1, 0.15) is 12.8 Å². The Balaban J connectivity index is 3.62. The van der Waals surface area contributed by atoms with Gasteiger partial charge in [-0.05, 0) is 6.42 Å². The van der Waals surface area contributed by atoms with E-state index in [1.807, 2.05) is 0 Å². The first-order chi connectivity index (χ1) is 6.06. The molecule has 6 nitrogen and oxygen atoms in total. The van der Waals surface area contributed by atoms with Crippen LogP contribution in [-0.4, -0.2) is 29.2 Å². The molecule has 0 saturated heterocycles. The quantitative estimate of drug-likeness (QED) is 0.290. The minimum absolute atomic E-state index is 0.233. The van der Waals surface area contributed by atoms with Crippen LogP contribution >= 0.6 is 0 Å². The summed E-state index contributed by atoms with van der Waals surface area (Å²) in [6.45, 7) is 0.243. The zero-order valence-corrected chi connectivity index (χ0v) is 7.44. The molecular formula is C7H16N4O2. The van der Waals surface area contributed by atoms with E-state index in [2.05, 4.69) is 0 Å². The Labute approximate surface area is 76.9 Å². The summed E-state index contributed by atoms with van der Waals surface area (Å²) in [5.74, 6) is 5.10. The predicted molar refractivity (Wildman–Crippen MR) is 48.7 cm³/mol. The van der Waals surface area contributed by atoms with Gasteiger partial charge in [0.1, 0.15) is 0 Å². The van der Waals surface area contributed by atoms with Gasteiger partial charge in [0.2, 0.25) is 5.91 Å². The third-order valence-electron chi connectivity index (χ3n) is 1.35. The van der Waals surface area contributed by atoms with Crippen molar-refractivity contribution in [1.82, 2.24) is 5.01 Å². The fourth-order valence-electron chi connectivity index (χ4n) is 0.754. The number of amides is 1. The van der Waals surface area contributed by atoms with Gasteiger partial charge in [0.05, 0.1) is 12.3 Å². The number of nitrogens with zero attached hydrogens (tertiary/aromatic N) is 1. The second-order valence-corrected chi connectivity index (χ2v) is 2.67. The third kappa shape index (κ3) is 7.10. The first kappa shape index (κ1) is 11.7. The van der Waals surface area contributed by atoms with Crippen molar-refractivity contribution in [2.45, 2.75) is 12.8 Å². The van der Waals surface area contributed by atoms with Gasteiger partial charge in [0, 0.05) is 19.2 Å². The molecule has 0 aliphatic rings. The van der Waals surface area contributed by atoms with Crippen LogP contribution in [0.15, 0.2) is 11.9 Å². The van der Waals surface area contributed by atoms with Crippen LogP contribution in [0.2, 0.25) is 0 Å². The molecule has 13 heavy (non-hydrogen) atoms. The van der Waals surface area contributed by atoms with E-state index in [0.717, 1.165) is 0 Å². The molecule has 0 aromatic heterocycles. The maximum Gasteiger partial charge on any atom is 0.217 e. The Kier molecular flexibility index (Phi) is 5.66. The Morgan fingerprint density at radius 1 is 1.46 bits per heavy atom. The van der Waals surface area contributed by atoms with E-state index in [-0.39, 0.29) is 18.2 Å². The number of hydrogen-bond acceptors (Lipinski definition) is 5. The number of hydrogen-bond donors (Lipinski definition) is 4. The summed E-state index contributed by atoms with van der Waals surface area (Å²) < 4.78 is 0.